The summed E-state index contributed by atoms with van der Waals surface area (Å²) in [4.78, 5) is 23.7. The van der Waals surface area contributed by atoms with Gasteiger partial charge >= 0.3 is 5.97 Å². The van der Waals surface area contributed by atoms with Gasteiger partial charge in [-0.15, -0.1) is 0 Å². The van der Waals surface area contributed by atoms with Crippen LogP contribution in [0, 0.1) is 0 Å². The first-order chi connectivity index (χ1) is 12.9. The van der Waals surface area contributed by atoms with Crippen LogP contribution in [0.4, 0.5) is 0 Å². The van der Waals surface area contributed by atoms with Crippen LogP contribution < -0.4 is 5.32 Å². The van der Waals surface area contributed by atoms with Crippen LogP contribution >= 0.6 is 0 Å². The first-order valence-corrected chi connectivity index (χ1v) is 9.20. The van der Waals surface area contributed by atoms with Crippen LogP contribution in [0.5, 0.6) is 5.75 Å². The van der Waals surface area contributed by atoms with Gasteiger partial charge in [-0.25, -0.2) is 4.79 Å². The molecule has 1 saturated heterocycles. The molecule has 1 aromatic carbocycles. The van der Waals surface area contributed by atoms with Crippen molar-refractivity contribution in [2.45, 2.75) is 63.4 Å². The van der Waals surface area contributed by atoms with E-state index in [1.165, 1.54) is 19.2 Å². The minimum absolute atomic E-state index is 0.126. The summed E-state index contributed by atoms with van der Waals surface area (Å²) >= 11 is 0. The molecule has 0 spiro atoms. The van der Waals surface area contributed by atoms with Gasteiger partial charge in [0.05, 0.1) is 18.3 Å². The number of aromatic hydroxyl groups is 1. The van der Waals surface area contributed by atoms with E-state index in [-0.39, 0.29) is 29.4 Å². The zero-order chi connectivity index (χ0) is 19.4. The number of hydrogen-bond acceptors (Lipinski definition) is 6. The molecule has 2 unspecified atom stereocenters. The van der Waals surface area contributed by atoms with Crippen molar-refractivity contribution in [2.24, 2.45) is 0 Å². The Morgan fingerprint density at radius 3 is 2.85 bits per heavy atom. The van der Waals surface area contributed by atoms with Crippen LogP contribution in [0.25, 0.3) is 0 Å². The number of phenolic OH excluding ortho intramolecular Hbond substituents is 1. The number of fused-ring (bicyclic) bond motifs is 3. The summed E-state index contributed by atoms with van der Waals surface area (Å²) < 4.78 is 11.8. The van der Waals surface area contributed by atoms with Crippen molar-refractivity contribution in [2.75, 3.05) is 0 Å². The number of carbonyl (C=O) groups excluding carboxylic acids is 2. The molecular formula is C20H25NO6. The fourth-order valence-corrected chi connectivity index (χ4v) is 3.70. The second-order valence-electron chi connectivity index (χ2n) is 7.12. The van der Waals surface area contributed by atoms with Gasteiger partial charge in [-0.1, -0.05) is 18.2 Å². The highest BCUT2D eigenvalue weighted by Gasteiger charge is 2.34. The van der Waals surface area contributed by atoms with Crippen molar-refractivity contribution in [1.82, 2.24) is 5.32 Å². The van der Waals surface area contributed by atoms with Gasteiger partial charge in [0.1, 0.15) is 17.4 Å². The minimum atomic E-state index is -0.568. The molecule has 2 aliphatic rings. The number of hydrogen-bond donors (Lipinski definition) is 3. The van der Waals surface area contributed by atoms with E-state index in [1.807, 2.05) is 0 Å². The fraction of sp³-hybridized carbons (Fsp3) is 0.500. The van der Waals surface area contributed by atoms with Crippen molar-refractivity contribution in [3.05, 3.63) is 41.6 Å². The van der Waals surface area contributed by atoms with E-state index in [1.54, 1.807) is 18.2 Å². The Hall–Kier alpha value is -2.38. The van der Waals surface area contributed by atoms with Gasteiger partial charge in [0.25, 0.3) is 0 Å². The maximum Gasteiger partial charge on any atom is 0.342 e. The summed E-state index contributed by atoms with van der Waals surface area (Å²) in [5.41, 5.74) is 0.794. The summed E-state index contributed by atoms with van der Waals surface area (Å²) in [5.74, 6) is -0.880. The number of amides is 1. The number of ether oxygens (including phenoxy) is 2. The molecule has 0 saturated carbocycles. The van der Waals surface area contributed by atoms with E-state index in [0.717, 1.165) is 0 Å². The lowest BCUT2D eigenvalue weighted by molar-refractivity contribution is -0.118. The number of carbonyl (C=O) groups is 2. The van der Waals surface area contributed by atoms with Gasteiger partial charge in [-0.05, 0) is 37.1 Å². The molecule has 2 aliphatic heterocycles. The molecule has 3 N–H and O–H groups in total. The van der Waals surface area contributed by atoms with Crippen LogP contribution in [-0.2, 0) is 20.7 Å². The molecule has 4 atom stereocenters. The van der Waals surface area contributed by atoms with Crippen molar-refractivity contribution in [3.63, 3.8) is 0 Å². The van der Waals surface area contributed by atoms with Crippen molar-refractivity contribution in [1.29, 1.82) is 0 Å². The molecule has 1 aromatic rings. The second-order valence-corrected chi connectivity index (χ2v) is 7.12. The highest BCUT2D eigenvalue weighted by molar-refractivity contribution is 5.94. The van der Waals surface area contributed by atoms with E-state index in [9.17, 15) is 19.8 Å². The smallest absolute Gasteiger partial charge is 0.342 e. The molecule has 2 heterocycles. The molecule has 27 heavy (non-hydrogen) atoms. The minimum Gasteiger partial charge on any atom is -0.507 e. The van der Waals surface area contributed by atoms with Gasteiger partial charge in [-0.3, -0.25) is 4.79 Å². The predicted molar refractivity (Wildman–Crippen MR) is 97.1 cm³/mol. The van der Waals surface area contributed by atoms with E-state index in [4.69, 9.17) is 9.47 Å². The first-order valence-electron chi connectivity index (χ1n) is 9.20. The van der Waals surface area contributed by atoms with E-state index >= 15 is 0 Å². The molecule has 1 amide bonds. The van der Waals surface area contributed by atoms with Gasteiger partial charge in [0.15, 0.2) is 0 Å². The van der Waals surface area contributed by atoms with Gasteiger partial charge in [-0.2, -0.15) is 0 Å². The Morgan fingerprint density at radius 2 is 2.07 bits per heavy atom. The summed E-state index contributed by atoms with van der Waals surface area (Å²) in [5, 5.41) is 23.0. The van der Waals surface area contributed by atoms with E-state index in [2.05, 4.69) is 5.32 Å². The molecule has 3 rings (SSSR count). The number of aliphatic hydroxyl groups excluding tert-OH is 1. The molecule has 2 bridgehead atoms. The zero-order valence-electron chi connectivity index (χ0n) is 15.3. The summed E-state index contributed by atoms with van der Waals surface area (Å²) in [7, 11) is 0. The summed E-state index contributed by atoms with van der Waals surface area (Å²) in [6.45, 7) is 1.41. The van der Waals surface area contributed by atoms with Gasteiger partial charge in [0, 0.05) is 19.8 Å². The molecule has 1 fully saturated rings. The van der Waals surface area contributed by atoms with Crippen LogP contribution in [0.3, 0.4) is 0 Å². The largest absolute Gasteiger partial charge is 0.507 e. The van der Waals surface area contributed by atoms with Crippen molar-refractivity contribution >= 4 is 11.9 Å². The third-order valence-electron chi connectivity index (χ3n) is 4.84. The maximum atomic E-state index is 12.7. The highest BCUT2D eigenvalue weighted by Crippen LogP contribution is 2.32. The van der Waals surface area contributed by atoms with Crippen LogP contribution in [0.15, 0.2) is 30.5 Å². The predicted octanol–water partition coefficient (Wildman–Crippen LogP) is 1.81. The van der Waals surface area contributed by atoms with Gasteiger partial charge < -0.3 is 25.0 Å². The Labute approximate surface area is 158 Å². The van der Waals surface area contributed by atoms with Crippen molar-refractivity contribution in [3.8, 4) is 5.75 Å². The molecule has 0 aliphatic carbocycles. The lowest BCUT2D eigenvalue weighted by Crippen LogP contribution is -2.40. The standard InChI is InChI=1S/C20H25NO6/c1-12(22)21-7-3-5-15-11-17-10-14(23)9-16(26-17)8-13-4-2-6-18(24)19(13)20(25)27-15/h2-4,6-7,14-17,23-24H,5,8-11H2,1H3,(H,21,22)/b7-3+/t14-,15?,16-,17?/m0/s1. The Kier molecular flexibility index (Phi) is 6.13. The summed E-state index contributed by atoms with van der Waals surface area (Å²) in [6.07, 6.45) is 4.06. The Balaban J connectivity index is 1.85. The molecular weight excluding hydrogens is 350 g/mol. The normalized spacial score (nSPS) is 28.3. The Morgan fingerprint density at radius 1 is 1.30 bits per heavy atom. The number of rotatable bonds is 3. The fourth-order valence-electron chi connectivity index (χ4n) is 3.70. The molecule has 7 nitrogen and oxygen atoms in total. The highest BCUT2D eigenvalue weighted by atomic mass is 16.5. The van der Waals surface area contributed by atoms with Gasteiger partial charge in [0.2, 0.25) is 5.91 Å². The lowest BCUT2D eigenvalue weighted by atomic mass is 9.91. The molecule has 0 radical (unpaired) electrons. The number of nitrogens with one attached hydrogen (secondary N) is 1. The number of cyclic esters (lactones) is 1. The average molecular weight is 375 g/mol. The molecule has 0 aromatic heterocycles. The Bertz CT molecular complexity index is 731. The monoisotopic (exact) mass is 375 g/mol. The van der Waals surface area contributed by atoms with E-state index in [0.29, 0.717) is 37.7 Å². The zero-order valence-corrected chi connectivity index (χ0v) is 15.3. The molecule has 7 heteroatoms. The molecule has 146 valence electrons. The number of esters is 1. The SMILES string of the molecule is CC(=O)N/C=C/CC1CC2C[C@@H](O)C[C@H](Cc3cccc(O)c3C(=O)O1)O2. The van der Waals surface area contributed by atoms with Crippen LogP contribution in [0.2, 0.25) is 0 Å². The third kappa shape index (κ3) is 5.08. The first kappa shape index (κ1) is 19.4. The van der Waals surface area contributed by atoms with Crippen LogP contribution in [0.1, 0.15) is 48.5 Å². The average Bonchev–Trinajstić information content (AvgIpc) is 2.57. The number of aliphatic hydroxyl groups is 1. The quantitative estimate of drug-likeness (QED) is 0.696. The number of phenols is 1. The third-order valence-corrected chi connectivity index (χ3v) is 4.84. The maximum absolute atomic E-state index is 12.7. The second kappa shape index (κ2) is 8.54. The van der Waals surface area contributed by atoms with Crippen LogP contribution in [-0.4, -0.2) is 46.5 Å². The lowest BCUT2D eigenvalue weighted by Gasteiger charge is -2.36. The van der Waals surface area contributed by atoms with Crippen molar-refractivity contribution < 1.29 is 29.3 Å². The topological polar surface area (TPSA) is 105 Å². The van der Waals surface area contributed by atoms with E-state index < -0.39 is 18.2 Å². The summed E-state index contributed by atoms with van der Waals surface area (Å²) in [6, 6.07) is 4.90. The number of benzene rings is 1.